The molecular weight excluding hydrogens is 300 g/mol. The van der Waals surface area contributed by atoms with Crippen molar-refractivity contribution in [1.82, 2.24) is 0 Å². The molecule has 0 heterocycles. The zero-order valence-electron chi connectivity index (χ0n) is 4.70. The Balaban J connectivity index is 3.17. The molecule has 0 N–H and O–H groups in total. The predicted octanol–water partition coefficient (Wildman–Crippen LogP) is 3.32. The highest BCUT2D eigenvalue weighted by Crippen LogP contribution is 2.17. The molecular formula is C5H9Br3. The van der Waals surface area contributed by atoms with Crippen LogP contribution in [0.15, 0.2) is 0 Å². The molecule has 0 spiro atoms. The maximum Gasteiger partial charge on any atom is 0.0276 e. The second-order valence-corrected chi connectivity index (χ2v) is 5.08. The smallest absolute Gasteiger partial charge is 0.0276 e. The molecule has 0 saturated carbocycles. The Morgan fingerprint density at radius 1 is 1.38 bits per heavy atom. The average Bonchev–Trinajstić information content (AvgIpc) is 1.67. The van der Waals surface area contributed by atoms with Gasteiger partial charge in [-0.3, -0.25) is 0 Å². The summed E-state index contributed by atoms with van der Waals surface area (Å²) in [6.07, 6.45) is 1.17. The Hall–Kier alpha value is 1.44. The van der Waals surface area contributed by atoms with E-state index in [1.54, 1.807) is 0 Å². The molecule has 0 aromatic carbocycles. The SMILES string of the molecule is CC(Br)C(Br)CCBr. The average molecular weight is 309 g/mol. The third-order valence-electron chi connectivity index (χ3n) is 0.883. The minimum Gasteiger partial charge on any atom is -0.0928 e. The first kappa shape index (κ1) is 9.44. The molecule has 0 aliphatic carbocycles. The number of alkyl halides is 3. The maximum atomic E-state index is 3.53. The summed E-state index contributed by atoms with van der Waals surface area (Å²) in [6.45, 7) is 2.14. The summed E-state index contributed by atoms with van der Waals surface area (Å²) in [5.41, 5.74) is 0. The van der Waals surface area contributed by atoms with E-state index < -0.39 is 0 Å². The summed E-state index contributed by atoms with van der Waals surface area (Å²) in [7, 11) is 0. The van der Waals surface area contributed by atoms with Crippen LogP contribution in [0.3, 0.4) is 0 Å². The summed E-state index contributed by atoms with van der Waals surface area (Å²) < 4.78 is 0. The lowest BCUT2D eigenvalue weighted by Gasteiger charge is -2.08. The summed E-state index contributed by atoms with van der Waals surface area (Å²) in [5, 5.41) is 1.07. The van der Waals surface area contributed by atoms with E-state index in [0.29, 0.717) is 9.65 Å². The first-order valence-electron chi connectivity index (χ1n) is 2.52. The van der Waals surface area contributed by atoms with Gasteiger partial charge in [-0.1, -0.05) is 54.7 Å². The van der Waals surface area contributed by atoms with Crippen molar-refractivity contribution in [2.45, 2.75) is 23.0 Å². The van der Waals surface area contributed by atoms with E-state index >= 15 is 0 Å². The van der Waals surface area contributed by atoms with Gasteiger partial charge in [0.1, 0.15) is 0 Å². The minimum absolute atomic E-state index is 0.569. The third-order valence-corrected chi connectivity index (χ3v) is 3.94. The van der Waals surface area contributed by atoms with Crippen LogP contribution in [0.4, 0.5) is 0 Å². The van der Waals surface area contributed by atoms with Crippen LogP contribution in [0.5, 0.6) is 0 Å². The largest absolute Gasteiger partial charge is 0.0928 e. The molecule has 0 aromatic rings. The lowest BCUT2D eigenvalue weighted by molar-refractivity contribution is 0.842. The fourth-order valence-corrected chi connectivity index (χ4v) is 1.93. The van der Waals surface area contributed by atoms with E-state index in [4.69, 9.17) is 0 Å². The number of rotatable bonds is 3. The molecule has 2 unspecified atom stereocenters. The van der Waals surface area contributed by atoms with Crippen LogP contribution in [-0.2, 0) is 0 Å². The van der Waals surface area contributed by atoms with Gasteiger partial charge in [0.15, 0.2) is 0 Å². The molecule has 0 radical (unpaired) electrons. The van der Waals surface area contributed by atoms with Gasteiger partial charge in [0.25, 0.3) is 0 Å². The van der Waals surface area contributed by atoms with Gasteiger partial charge in [-0.15, -0.1) is 0 Å². The molecule has 0 aromatic heterocycles. The second-order valence-electron chi connectivity index (χ2n) is 1.67. The molecule has 0 aliphatic rings. The van der Waals surface area contributed by atoms with Gasteiger partial charge >= 0.3 is 0 Å². The molecule has 0 bridgehead atoms. The van der Waals surface area contributed by atoms with Crippen LogP contribution in [0.1, 0.15) is 13.3 Å². The number of hydrogen-bond donors (Lipinski definition) is 0. The molecule has 50 valence electrons. The van der Waals surface area contributed by atoms with Gasteiger partial charge in [0.2, 0.25) is 0 Å². The van der Waals surface area contributed by atoms with Crippen LogP contribution >= 0.6 is 47.8 Å². The number of halogens is 3. The van der Waals surface area contributed by atoms with Crippen LogP contribution in [0.25, 0.3) is 0 Å². The Morgan fingerprint density at radius 3 is 2.00 bits per heavy atom. The highest BCUT2D eigenvalue weighted by Gasteiger charge is 2.07. The Kier molecular flexibility index (Phi) is 6.19. The molecule has 0 aliphatic heterocycles. The minimum atomic E-state index is 0.569. The summed E-state index contributed by atoms with van der Waals surface area (Å²) in [5.74, 6) is 0. The monoisotopic (exact) mass is 306 g/mol. The van der Waals surface area contributed by atoms with Crippen LogP contribution in [0.2, 0.25) is 0 Å². The van der Waals surface area contributed by atoms with E-state index in [0.717, 1.165) is 5.33 Å². The van der Waals surface area contributed by atoms with Gasteiger partial charge in [0.05, 0.1) is 0 Å². The van der Waals surface area contributed by atoms with Crippen molar-refractivity contribution < 1.29 is 0 Å². The van der Waals surface area contributed by atoms with E-state index in [-0.39, 0.29) is 0 Å². The quantitative estimate of drug-likeness (QED) is 0.702. The van der Waals surface area contributed by atoms with Gasteiger partial charge in [-0.05, 0) is 6.42 Å². The topological polar surface area (TPSA) is 0 Å². The van der Waals surface area contributed by atoms with E-state index in [9.17, 15) is 0 Å². The lowest BCUT2D eigenvalue weighted by atomic mass is 10.3. The fourth-order valence-electron chi connectivity index (χ4n) is 0.334. The van der Waals surface area contributed by atoms with Gasteiger partial charge in [0, 0.05) is 15.0 Å². The zero-order chi connectivity index (χ0) is 6.57. The van der Waals surface area contributed by atoms with Gasteiger partial charge in [-0.2, -0.15) is 0 Å². The van der Waals surface area contributed by atoms with Crippen LogP contribution in [0, 0.1) is 0 Å². The molecule has 2 atom stereocenters. The van der Waals surface area contributed by atoms with Crippen LogP contribution in [-0.4, -0.2) is 15.0 Å². The van der Waals surface area contributed by atoms with Crippen molar-refractivity contribution in [1.29, 1.82) is 0 Å². The molecule has 0 fully saturated rings. The van der Waals surface area contributed by atoms with Crippen molar-refractivity contribution in [3.63, 3.8) is 0 Å². The first-order valence-corrected chi connectivity index (χ1v) is 5.48. The first-order chi connectivity index (χ1) is 3.68. The highest BCUT2D eigenvalue weighted by molar-refractivity contribution is 9.12. The Morgan fingerprint density at radius 2 is 1.88 bits per heavy atom. The van der Waals surface area contributed by atoms with E-state index in [1.165, 1.54) is 6.42 Å². The summed E-state index contributed by atoms with van der Waals surface area (Å²) in [4.78, 5) is 1.17. The molecule has 0 rings (SSSR count). The van der Waals surface area contributed by atoms with Crippen molar-refractivity contribution in [3.05, 3.63) is 0 Å². The van der Waals surface area contributed by atoms with Gasteiger partial charge in [-0.25, -0.2) is 0 Å². The Labute approximate surface area is 75.8 Å². The normalized spacial score (nSPS) is 18.0. The fraction of sp³-hybridized carbons (Fsp3) is 1.00. The predicted molar refractivity (Wildman–Crippen MR) is 49.5 cm³/mol. The van der Waals surface area contributed by atoms with Crippen molar-refractivity contribution >= 4 is 47.8 Å². The summed E-state index contributed by atoms with van der Waals surface area (Å²) >= 11 is 10.4. The van der Waals surface area contributed by atoms with E-state index in [1.807, 2.05) is 0 Å². The second kappa shape index (κ2) is 5.24. The van der Waals surface area contributed by atoms with Crippen molar-refractivity contribution in [2.75, 3.05) is 5.33 Å². The molecule has 0 amide bonds. The molecule has 3 heteroatoms. The summed E-state index contributed by atoms with van der Waals surface area (Å²) in [6, 6.07) is 0. The van der Waals surface area contributed by atoms with Crippen LogP contribution < -0.4 is 0 Å². The lowest BCUT2D eigenvalue weighted by Crippen LogP contribution is -2.09. The van der Waals surface area contributed by atoms with Crippen molar-refractivity contribution in [2.24, 2.45) is 0 Å². The third kappa shape index (κ3) is 4.33. The molecule has 8 heavy (non-hydrogen) atoms. The molecule has 0 nitrogen and oxygen atoms in total. The maximum absolute atomic E-state index is 3.53. The number of hydrogen-bond acceptors (Lipinski definition) is 0. The van der Waals surface area contributed by atoms with Gasteiger partial charge < -0.3 is 0 Å². The molecule has 0 saturated heterocycles. The highest BCUT2D eigenvalue weighted by atomic mass is 79.9. The standard InChI is InChI=1S/C5H9Br3/c1-4(7)5(8)2-3-6/h4-5H,2-3H2,1H3. The zero-order valence-corrected chi connectivity index (χ0v) is 9.46. The Bertz CT molecular complexity index is 53.6. The van der Waals surface area contributed by atoms with E-state index in [2.05, 4.69) is 54.7 Å². The van der Waals surface area contributed by atoms with Crippen molar-refractivity contribution in [3.8, 4) is 0 Å².